The molecule has 1 N–H and O–H groups in total. The highest BCUT2D eigenvalue weighted by molar-refractivity contribution is 7.89. The second kappa shape index (κ2) is 7.95. The Hall–Kier alpha value is -1.66. The first-order chi connectivity index (χ1) is 9.92. The molecular formula is C15H22N2O3S. The highest BCUT2D eigenvalue weighted by Gasteiger charge is 2.15. The van der Waals surface area contributed by atoms with Crippen LogP contribution in [-0.4, -0.2) is 39.4 Å². The fraction of sp³-hybridized carbons (Fsp3) is 0.400. The summed E-state index contributed by atoms with van der Waals surface area (Å²) in [7, 11) is -1.80. The van der Waals surface area contributed by atoms with E-state index < -0.39 is 10.0 Å². The van der Waals surface area contributed by atoms with Crippen molar-refractivity contribution in [1.29, 1.82) is 0 Å². The van der Waals surface area contributed by atoms with Gasteiger partial charge in [-0.15, -0.1) is 6.58 Å². The average Bonchev–Trinajstić information content (AvgIpc) is 2.50. The van der Waals surface area contributed by atoms with E-state index in [1.165, 1.54) is 30.3 Å². The molecule has 0 radical (unpaired) electrons. The van der Waals surface area contributed by atoms with E-state index in [4.69, 9.17) is 0 Å². The fourth-order valence-corrected chi connectivity index (χ4v) is 2.74. The third kappa shape index (κ3) is 4.99. The zero-order chi connectivity index (χ0) is 15.9. The monoisotopic (exact) mass is 310 g/mol. The quantitative estimate of drug-likeness (QED) is 0.747. The predicted molar refractivity (Wildman–Crippen MR) is 83.7 cm³/mol. The van der Waals surface area contributed by atoms with Crippen LogP contribution >= 0.6 is 0 Å². The molecule has 0 spiro atoms. The van der Waals surface area contributed by atoms with E-state index in [2.05, 4.69) is 18.2 Å². The number of hydrogen-bond donors (Lipinski definition) is 1. The smallest absolute Gasteiger partial charge is 0.253 e. The first kappa shape index (κ1) is 17.4. The molecule has 0 atom stereocenters. The Balaban J connectivity index is 2.82. The van der Waals surface area contributed by atoms with Gasteiger partial charge in [-0.2, -0.15) is 0 Å². The summed E-state index contributed by atoms with van der Waals surface area (Å²) in [6.07, 6.45) is 3.43. The Bertz CT molecular complexity index is 579. The van der Waals surface area contributed by atoms with E-state index >= 15 is 0 Å². The van der Waals surface area contributed by atoms with Gasteiger partial charge in [0.05, 0.1) is 4.90 Å². The molecule has 1 aromatic rings. The van der Waals surface area contributed by atoms with Gasteiger partial charge in [0.1, 0.15) is 0 Å². The van der Waals surface area contributed by atoms with Gasteiger partial charge in [-0.25, -0.2) is 13.1 Å². The third-order valence-corrected chi connectivity index (χ3v) is 4.46. The Morgan fingerprint density at radius 3 is 2.48 bits per heavy atom. The van der Waals surface area contributed by atoms with Crippen molar-refractivity contribution in [3.05, 3.63) is 42.5 Å². The van der Waals surface area contributed by atoms with Crippen LogP contribution in [0.1, 0.15) is 30.1 Å². The summed E-state index contributed by atoms with van der Waals surface area (Å²) in [6, 6.07) is 5.94. The van der Waals surface area contributed by atoms with Crippen LogP contribution in [0, 0.1) is 0 Å². The van der Waals surface area contributed by atoms with Crippen LogP contribution in [0.3, 0.4) is 0 Å². The van der Waals surface area contributed by atoms with Gasteiger partial charge >= 0.3 is 0 Å². The van der Waals surface area contributed by atoms with Crippen molar-refractivity contribution in [3.8, 4) is 0 Å². The lowest BCUT2D eigenvalue weighted by atomic mass is 10.2. The second-order valence-corrected chi connectivity index (χ2v) is 6.51. The van der Waals surface area contributed by atoms with Crippen molar-refractivity contribution in [2.45, 2.75) is 24.7 Å². The van der Waals surface area contributed by atoms with Crippen molar-refractivity contribution in [1.82, 2.24) is 9.62 Å². The molecule has 0 aromatic heterocycles. The number of carbonyl (C=O) groups is 1. The van der Waals surface area contributed by atoms with Crippen LogP contribution in [0.15, 0.2) is 41.8 Å². The van der Waals surface area contributed by atoms with E-state index in [1.54, 1.807) is 11.9 Å². The van der Waals surface area contributed by atoms with Gasteiger partial charge in [-0.3, -0.25) is 4.79 Å². The molecule has 0 aliphatic heterocycles. The number of nitrogens with one attached hydrogen (secondary N) is 1. The third-order valence-electron chi connectivity index (χ3n) is 3.02. The topological polar surface area (TPSA) is 66.5 Å². The van der Waals surface area contributed by atoms with Gasteiger partial charge in [0, 0.05) is 25.7 Å². The summed E-state index contributed by atoms with van der Waals surface area (Å²) in [5.74, 6) is -0.105. The second-order valence-electron chi connectivity index (χ2n) is 4.75. The number of rotatable bonds is 8. The Kier molecular flexibility index (Phi) is 6.58. The summed E-state index contributed by atoms with van der Waals surface area (Å²) in [4.78, 5) is 13.9. The van der Waals surface area contributed by atoms with Gasteiger partial charge < -0.3 is 4.90 Å². The molecule has 0 saturated carbocycles. The molecule has 6 heteroatoms. The van der Waals surface area contributed by atoms with E-state index in [0.717, 1.165) is 12.8 Å². The number of amides is 1. The Morgan fingerprint density at radius 2 is 1.95 bits per heavy atom. The molecule has 0 heterocycles. The minimum Gasteiger partial charge on any atom is -0.342 e. The lowest BCUT2D eigenvalue weighted by molar-refractivity contribution is 0.0793. The van der Waals surface area contributed by atoms with Crippen LogP contribution in [0.5, 0.6) is 0 Å². The van der Waals surface area contributed by atoms with E-state index in [-0.39, 0.29) is 17.3 Å². The van der Waals surface area contributed by atoms with Gasteiger partial charge in [-0.1, -0.05) is 19.4 Å². The van der Waals surface area contributed by atoms with Crippen LogP contribution < -0.4 is 4.72 Å². The SMILES string of the molecule is C=CCNS(=O)(=O)c1ccc(C(=O)N(C)CCCC)cc1. The van der Waals surface area contributed by atoms with Crippen LogP contribution in [-0.2, 0) is 10.0 Å². The first-order valence-electron chi connectivity index (χ1n) is 6.88. The van der Waals surface area contributed by atoms with Gasteiger partial charge in [-0.05, 0) is 30.7 Å². The van der Waals surface area contributed by atoms with Crippen molar-refractivity contribution in [3.63, 3.8) is 0 Å². The standard InChI is InChI=1S/C15H22N2O3S/c1-4-6-12-17(3)15(18)13-7-9-14(10-8-13)21(19,20)16-11-5-2/h5,7-10,16H,2,4,6,11-12H2,1,3H3. The number of carbonyl (C=O) groups excluding carboxylic acids is 1. The summed E-state index contributed by atoms with van der Waals surface area (Å²) in [6.45, 7) is 6.39. The minimum atomic E-state index is -3.55. The summed E-state index contributed by atoms with van der Waals surface area (Å²) >= 11 is 0. The zero-order valence-electron chi connectivity index (χ0n) is 12.5. The Labute approximate surface area is 126 Å². The van der Waals surface area contributed by atoms with E-state index in [0.29, 0.717) is 12.1 Å². The molecule has 5 nitrogen and oxygen atoms in total. The maximum absolute atomic E-state index is 12.1. The number of unbranched alkanes of at least 4 members (excludes halogenated alkanes) is 1. The minimum absolute atomic E-state index is 0.105. The molecule has 0 aliphatic carbocycles. The molecular weight excluding hydrogens is 288 g/mol. The first-order valence-corrected chi connectivity index (χ1v) is 8.36. The van der Waals surface area contributed by atoms with Crippen molar-refractivity contribution in [2.24, 2.45) is 0 Å². The van der Waals surface area contributed by atoms with Crippen molar-refractivity contribution < 1.29 is 13.2 Å². The van der Waals surface area contributed by atoms with Crippen molar-refractivity contribution in [2.75, 3.05) is 20.1 Å². The number of nitrogens with zero attached hydrogens (tertiary/aromatic N) is 1. The number of benzene rings is 1. The molecule has 0 fully saturated rings. The largest absolute Gasteiger partial charge is 0.342 e. The molecule has 0 unspecified atom stereocenters. The zero-order valence-corrected chi connectivity index (χ0v) is 13.3. The van der Waals surface area contributed by atoms with Crippen LogP contribution in [0.2, 0.25) is 0 Å². The molecule has 1 amide bonds. The Morgan fingerprint density at radius 1 is 1.33 bits per heavy atom. The molecule has 116 valence electrons. The molecule has 0 bridgehead atoms. The maximum atomic E-state index is 12.1. The summed E-state index contributed by atoms with van der Waals surface area (Å²) in [5.41, 5.74) is 0.483. The van der Waals surface area contributed by atoms with Crippen LogP contribution in [0.4, 0.5) is 0 Å². The lowest BCUT2D eigenvalue weighted by Gasteiger charge is -2.16. The number of hydrogen-bond acceptors (Lipinski definition) is 3. The summed E-state index contributed by atoms with van der Waals surface area (Å²) < 4.78 is 26.2. The molecule has 0 saturated heterocycles. The van der Waals surface area contributed by atoms with Crippen molar-refractivity contribution >= 4 is 15.9 Å². The lowest BCUT2D eigenvalue weighted by Crippen LogP contribution is -2.28. The predicted octanol–water partition coefficient (Wildman–Crippen LogP) is 2.02. The maximum Gasteiger partial charge on any atom is 0.253 e. The van der Waals surface area contributed by atoms with Gasteiger partial charge in [0.15, 0.2) is 0 Å². The normalized spacial score (nSPS) is 11.1. The fourth-order valence-electron chi connectivity index (χ4n) is 1.75. The summed E-state index contributed by atoms with van der Waals surface area (Å²) in [5, 5.41) is 0. The van der Waals surface area contributed by atoms with E-state index in [1.807, 2.05) is 0 Å². The van der Waals surface area contributed by atoms with E-state index in [9.17, 15) is 13.2 Å². The molecule has 0 aliphatic rings. The number of sulfonamides is 1. The molecule has 1 rings (SSSR count). The highest BCUT2D eigenvalue weighted by atomic mass is 32.2. The molecule has 1 aromatic carbocycles. The van der Waals surface area contributed by atoms with Gasteiger partial charge in [0.25, 0.3) is 5.91 Å². The molecule has 21 heavy (non-hydrogen) atoms. The van der Waals surface area contributed by atoms with Gasteiger partial charge in [0.2, 0.25) is 10.0 Å². The highest BCUT2D eigenvalue weighted by Crippen LogP contribution is 2.12. The van der Waals surface area contributed by atoms with Crippen LogP contribution in [0.25, 0.3) is 0 Å². The average molecular weight is 310 g/mol.